The summed E-state index contributed by atoms with van der Waals surface area (Å²) < 4.78 is 32.0. The minimum Gasteiger partial charge on any atom is -0.379 e. The molecule has 1 N–H and O–H groups in total. The fraction of sp³-hybridized carbons (Fsp3) is 0.409. The summed E-state index contributed by atoms with van der Waals surface area (Å²) >= 11 is 0. The van der Waals surface area contributed by atoms with E-state index in [2.05, 4.69) is 31.3 Å². The molecule has 1 aliphatic heterocycles. The molecule has 1 atom stereocenters. The normalized spacial score (nSPS) is 16.4. The molecule has 6 nitrogen and oxygen atoms in total. The summed E-state index contributed by atoms with van der Waals surface area (Å²) in [6.45, 7) is 7.63. The summed E-state index contributed by atoms with van der Waals surface area (Å²) in [5.41, 5.74) is 3.91. The number of benzene rings is 2. The highest BCUT2D eigenvalue weighted by molar-refractivity contribution is 7.89. The van der Waals surface area contributed by atoms with Gasteiger partial charge in [-0.1, -0.05) is 25.1 Å². The Balaban J connectivity index is 1.73. The van der Waals surface area contributed by atoms with Crippen molar-refractivity contribution in [2.24, 2.45) is 0 Å². The van der Waals surface area contributed by atoms with E-state index in [4.69, 9.17) is 4.74 Å². The largest absolute Gasteiger partial charge is 0.379 e. The van der Waals surface area contributed by atoms with Gasteiger partial charge in [0, 0.05) is 18.7 Å². The average Bonchev–Trinajstić information content (AvgIpc) is 2.74. The fourth-order valence-corrected chi connectivity index (χ4v) is 4.77. The third-order valence-corrected chi connectivity index (χ3v) is 7.28. The Morgan fingerprint density at radius 3 is 2.31 bits per heavy atom. The quantitative estimate of drug-likeness (QED) is 0.785. The maximum atomic E-state index is 12.7. The second kappa shape index (κ2) is 9.07. The Hall–Kier alpha value is -2.22. The zero-order chi connectivity index (χ0) is 21.0. The van der Waals surface area contributed by atoms with Crippen molar-refractivity contribution in [3.8, 4) is 0 Å². The van der Waals surface area contributed by atoms with Crippen molar-refractivity contribution in [3.05, 3.63) is 64.7 Å². The molecule has 2 aromatic rings. The van der Waals surface area contributed by atoms with Crippen LogP contribution in [0.2, 0.25) is 0 Å². The molecule has 2 aromatic carbocycles. The Kier molecular flexibility index (Phi) is 6.72. The van der Waals surface area contributed by atoms with E-state index in [9.17, 15) is 13.2 Å². The predicted octanol–water partition coefficient (Wildman–Crippen LogP) is 3.21. The highest BCUT2D eigenvalue weighted by atomic mass is 32.2. The smallest absolute Gasteiger partial charge is 0.251 e. The SMILES string of the molecule is CC[C@H](NC(=O)c1ccc(S(=O)(=O)N2CCOCC2)cc1)c1ccc(C)c(C)c1. The molecule has 0 saturated carbocycles. The first kappa shape index (κ1) is 21.5. The molecule has 1 heterocycles. The maximum absolute atomic E-state index is 12.7. The van der Waals surface area contributed by atoms with Gasteiger partial charge in [-0.3, -0.25) is 4.79 Å². The van der Waals surface area contributed by atoms with E-state index in [-0.39, 0.29) is 16.8 Å². The summed E-state index contributed by atoms with van der Waals surface area (Å²) in [6.07, 6.45) is 0.762. The second-order valence-electron chi connectivity index (χ2n) is 7.32. The first-order chi connectivity index (χ1) is 13.8. The molecule has 156 valence electrons. The van der Waals surface area contributed by atoms with Crippen molar-refractivity contribution in [2.45, 2.75) is 38.1 Å². The number of carbonyl (C=O) groups excluding carboxylic acids is 1. The molecule has 1 fully saturated rings. The van der Waals surface area contributed by atoms with Gasteiger partial charge in [-0.15, -0.1) is 0 Å². The molecule has 0 bridgehead atoms. The summed E-state index contributed by atoms with van der Waals surface area (Å²) in [6, 6.07) is 12.2. The lowest BCUT2D eigenvalue weighted by Gasteiger charge is -2.26. The molecule has 7 heteroatoms. The number of carbonyl (C=O) groups is 1. The molecule has 0 aliphatic carbocycles. The molecule has 1 amide bonds. The van der Waals surface area contributed by atoms with Gasteiger partial charge in [-0.2, -0.15) is 4.31 Å². The molecule has 0 aromatic heterocycles. The second-order valence-corrected chi connectivity index (χ2v) is 9.26. The molecule has 0 radical (unpaired) electrons. The van der Waals surface area contributed by atoms with Crippen molar-refractivity contribution in [2.75, 3.05) is 26.3 Å². The molecule has 0 unspecified atom stereocenters. The van der Waals surface area contributed by atoms with E-state index in [1.54, 1.807) is 12.1 Å². The van der Waals surface area contributed by atoms with Crippen LogP contribution in [0.15, 0.2) is 47.4 Å². The number of hydrogen-bond acceptors (Lipinski definition) is 4. The van der Waals surface area contributed by atoms with Crippen LogP contribution in [-0.4, -0.2) is 44.9 Å². The lowest BCUT2D eigenvalue weighted by atomic mass is 9.99. The minimum atomic E-state index is -3.56. The summed E-state index contributed by atoms with van der Waals surface area (Å²) in [7, 11) is -3.56. The maximum Gasteiger partial charge on any atom is 0.251 e. The number of ether oxygens (including phenoxy) is 1. The van der Waals surface area contributed by atoms with E-state index in [0.717, 1.165) is 12.0 Å². The first-order valence-electron chi connectivity index (χ1n) is 9.89. The topological polar surface area (TPSA) is 75.7 Å². The van der Waals surface area contributed by atoms with Gasteiger partial charge in [0.15, 0.2) is 0 Å². The molecular weight excluding hydrogens is 388 g/mol. The van der Waals surface area contributed by atoms with Gasteiger partial charge in [0.25, 0.3) is 5.91 Å². The number of morpholine rings is 1. The van der Waals surface area contributed by atoms with Crippen molar-refractivity contribution >= 4 is 15.9 Å². The molecule has 29 heavy (non-hydrogen) atoms. The van der Waals surface area contributed by atoms with Crippen LogP contribution >= 0.6 is 0 Å². The van der Waals surface area contributed by atoms with E-state index >= 15 is 0 Å². The fourth-order valence-electron chi connectivity index (χ4n) is 3.36. The minimum absolute atomic E-state index is 0.0986. The number of rotatable bonds is 6. The number of nitrogens with zero attached hydrogens (tertiary/aromatic N) is 1. The molecule has 3 rings (SSSR count). The van der Waals surface area contributed by atoms with E-state index in [1.165, 1.54) is 27.6 Å². The van der Waals surface area contributed by atoms with Crippen LogP contribution in [0.4, 0.5) is 0 Å². The van der Waals surface area contributed by atoms with Gasteiger partial charge in [0.1, 0.15) is 0 Å². The van der Waals surface area contributed by atoms with Crippen molar-refractivity contribution in [1.29, 1.82) is 0 Å². The van der Waals surface area contributed by atoms with Crippen LogP contribution in [0.1, 0.15) is 46.4 Å². The van der Waals surface area contributed by atoms with Crippen molar-refractivity contribution < 1.29 is 17.9 Å². The first-order valence-corrected chi connectivity index (χ1v) is 11.3. The Morgan fingerprint density at radius 2 is 1.72 bits per heavy atom. The van der Waals surface area contributed by atoms with Gasteiger partial charge >= 0.3 is 0 Å². The Bertz CT molecular complexity index is 965. The van der Waals surface area contributed by atoms with Gasteiger partial charge in [-0.25, -0.2) is 8.42 Å². The molecule has 1 saturated heterocycles. The summed E-state index contributed by atoms with van der Waals surface area (Å²) in [5, 5.41) is 3.05. The van der Waals surface area contributed by atoms with Gasteiger partial charge in [-0.05, 0) is 61.2 Å². The van der Waals surface area contributed by atoms with E-state index in [1.807, 2.05) is 13.0 Å². The third kappa shape index (κ3) is 4.86. The molecular formula is C22H28N2O4S. The summed E-state index contributed by atoms with van der Waals surface area (Å²) in [4.78, 5) is 12.9. The van der Waals surface area contributed by atoms with E-state index < -0.39 is 10.0 Å². The highest BCUT2D eigenvalue weighted by Crippen LogP contribution is 2.21. The Labute approximate surface area is 172 Å². The predicted molar refractivity (Wildman–Crippen MR) is 112 cm³/mol. The number of sulfonamides is 1. The lowest BCUT2D eigenvalue weighted by molar-refractivity contribution is 0.0730. The van der Waals surface area contributed by atoms with Crippen LogP contribution in [0.5, 0.6) is 0 Å². The van der Waals surface area contributed by atoms with Crippen LogP contribution in [0.3, 0.4) is 0 Å². The van der Waals surface area contributed by atoms with Crippen LogP contribution < -0.4 is 5.32 Å². The van der Waals surface area contributed by atoms with E-state index in [0.29, 0.717) is 31.9 Å². The monoisotopic (exact) mass is 416 g/mol. The standard InChI is InChI=1S/C22H28N2O4S/c1-4-21(19-6-5-16(2)17(3)15-19)23-22(25)18-7-9-20(10-8-18)29(26,27)24-11-13-28-14-12-24/h5-10,15,21H,4,11-14H2,1-3H3,(H,23,25)/t21-/m0/s1. The molecule has 0 spiro atoms. The van der Waals surface area contributed by atoms with Gasteiger partial charge in [0.2, 0.25) is 10.0 Å². The Morgan fingerprint density at radius 1 is 1.07 bits per heavy atom. The summed E-state index contributed by atoms with van der Waals surface area (Å²) in [5.74, 6) is -0.217. The average molecular weight is 417 g/mol. The third-order valence-electron chi connectivity index (χ3n) is 5.37. The molecule has 1 aliphatic rings. The number of nitrogens with one attached hydrogen (secondary N) is 1. The number of aryl methyl sites for hydroxylation is 2. The van der Waals surface area contributed by atoms with Gasteiger partial charge in [0.05, 0.1) is 24.2 Å². The zero-order valence-electron chi connectivity index (χ0n) is 17.1. The van der Waals surface area contributed by atoms with Crippen molar-refractivity contribution in [1.82, 2.24) is 9.62 Å². The zero-order valence-corrected chi connectivity index (χ0v) is 18.0. The lowest BCUT2D eigenvalue weighted by Crippen LogP contribution is -2.40. The number of hydrogen-bond donors (Lipinski definition) is 1. The number of amides is 1. The van der Waals surface area contributed by atoms with Crippen LogP contribution in [0.25, 0.3) is 0 Å². The van der Waals surface area contributed by atoms with Crippen LogP contribution in [0, 0.1) is 13.8 Å². The van der Waals surface area contributed by atoms with Gasteiger partial charge < -0.3 is 10.1 Å². The van der Waals surface area contributed by atoms with Crippen LogP contribution in [-0.2, 0) is 14.8 Å². The highest BCUT2D eigenvalue weighted by Gasteiger charge is 2.26. The van der Waals surface area contributed by atoms with Crippen molar-refractivity contribution in [3.63, 3.8) is 0 Å².